The number of imide groups is 1. The fraction of sp³-hybridized carbons (Fsp3) is 0.292. The minimum absolute atomic E-state index is 0.0584. The summed E-state index contributed by atoms with van der Waals surface area (Å²) in [5.41, 5.74) is 0.844. The molecule has 7 nitrogen and oxygen atoms in total. The number of amides is 2. The Hall–Kier alpha value is -3.04. The molecule has 1 aliphatic rings. The molecule has 0 aliphatic carbocycles. The smallest absolute Gasteiger partial charge is 0.326 e. The lowest BCUT2D eigenvalue weighted by Crippen LogP contribution is -2.35. The van der Waals surface area contributed by atoms with Crippen molar-refractivity contribution in [3.05, 3.63) is 63.3 Å². The summed E-state index contributed by atoms with van der Waals surface area (Å²) < 4.78 is 30.3. The van der Waals surface area contributed by atoms with E-state index in [2.05, 4.69) is 0 Å². The molecule has 0 unspecified atom stereocenters. The quantitative estimate of drug-likeness (QED) is 0.330. The molecule has 1 saturated heterocycles. The standard InChI is InChI=1S/C24H23ClFNO6S/c1-4-31-19-10-15(9-17(25)22(19)32-13-16-7-5-6-8-18(16)26)11-20-23(29)27(24(30)34-20)12-21(28)33-14(2)3/h5-11,14H,4,12-13H2,1-3H3/b20-11+. The molecule has 180 valence electrons. The van der Waals surface area contributed by atoms with E-state index < -0.39 is 29.5 Å². The summed E-state index contributed by atoms with van der Waals surface area (Å²) in [5, 5.41) is -0.383. The lowest BCUT2D eigenvalue weighted by Gasteiger charge is -2.15. The van der Waals surface area contributed by atoms with Gasteiger partial charge in [0.1, 0.15) is 19.0 Å². The van der Waals surface area contributed by atoms with Gasteiger partial charge in [-0.1, -0.05) is 29.8 Å². The third-order valence-corrected chi connectivity index (χ3v) is 5.68. The third kappa shape index (κ3) is 6.30. The number of ether oxygens (including phenoxy) is 3. The number of carbonyl (C=O) groups is 3. The van der Waals surface area contributed by atoms with E-state index in [0.29, 0.717) is 35.2 Å². The highest BCUT2D eigenvalue weighted by molar-refractivity contribution is 8.18. The summed E-state index contributed by atoms with van der Waals surface area (Å²) in [7, 11) is 0. The van der Waals surface area contributed by atoms with Gasteiger partial charge in [0.25, 0.3) is 11.1 Å². The molecule has 34 heavy (non-hydrogen) atoms. The van der Waals surface area contributed by atoms with Crippen molar-refractivity contribution in [2.24, 2.45) is 0 Å². The van der Waals surface area contributed by atoms with Crippen molar-refractivity contribution in [3.63, 3.8) is 0 Å². The molecule has 1 heterocycles. The Morgan fingerprint density at radius 2 is 1.94 bits per heavy atom. The molecule has 0 atom stereocenters. The van der Waals surface area contributed by atoms with Crippen LogP contribution in [-0.4, -0.2) is 41.3 Å². The molecule has 3 rings (SSSR count). The molecule has 0 radical (unpaired) electrons. The van der Waals surface area contributed by atoms with E-state index in [-0.39, 0.29) is 28.4 Å². The highest BCUT2D eigenvalue weighted by Crippen LogP contribution is 2.39. The average Bonchev–Trinajstić information content (AvgIpc) is 3.01. The van der Waals surface area contributed by atoms with Crippen molar-refractivity contribution in [1.29, 1.82) is 0 Å². The van der Waals surface area contributed by atoms with E-state index in [1.165, 1.54) is 12.1 Å². The summed E-state index contributed by atoms with van der Waals surface area (Å²) >= 11 is 7.12. The van der Waals surface area contributed by atoms with E-state index in [0.717, 1.165) is 4.90 Å². The van der Waals surface area contributed by atoms with Crippen LogP contribution in [0, 0.1) is 5.82 Å². The minimum Gasteiger partial charge on any atom is -0.490 e. The first kappa shape index (κ1) is 25.6. The molecule has 2 amide bonds. The van der Waals surface area contributed by atoms with Crippen LogP contribution in [0.15, 0.2) is 41.3 Å². The van der Waals surface area contributed by atoms with Crippen LogP contribution in [0.5, 0.6) is 11.5 Å². The van der Waals surface area contributed by atoms with Gasteiger partial charge in [-0.2, -0.15) is 0 Å². The average molecular weight is 508 g/mol. The van der Waals surface area contributed by atoms with Crippen LogP contribution in [0.1, 0.15) is 31.9 Å². The molecule has 2 aromatic carbocycles. The second-order valence-corrected chi connectivity index (χ2v) is 8.85. The zero-order valence-corrected chi connectivity index (χ0v) is 20.4. The second kappa shape index (κ2) is 11.4. The van der Waals surface area contributed by atoms with Crippen LogP contribution < -0.4 is 9.47 Å². The van der Waals surface area contributed by atoms with Gasteiger partial charge in [0, 0.05) is 5.56 Å². The number of esters is 1. The number of hydrogen-bond donors (Lipinski definition) is 0. The van der Waals surface area contributed by atoms with Gasteiger partial charge >= 0.3 is 5.97 Å². The van der Waals surface area contributed by atoms with E-state index in [1.54, 1.807) is 51.1 Å². The maximum absolute atomic E-state index is 13.9. The van der Waals surface area contributed by atoms with Crippen molar-refractivity contribution in [2.75, 3.05) is 13.2 Å². The van der Waals surface area contributed by atoms with Gasteiger partial charge in [0.15, 0.2) is 11.5 Å². The predicted octanol–water partition coefficient (Wildman–Crippen LogP) is 5.44. The normalized spacial score (nSPS) is 14.8. The number of nitrogens with zero attached hydrogens (tertiary/aromatic N) is 1. The molecule has 0 saturated carbocycles. The summed E-state index contributed by atoms with van der Waals surface area (Å²) in [6.07, 6.45) is 1.12. The topological polar surface area (TPSA) is 82.1 Å². The number of hydrogen-bond acceptors (Lipinski definition) is 7. The third-order valence-electron chi connectivity index (χ3n) is 4.49. The highest BCUT2D eigenvalue weighted by atomic mass is 35.5. The van der Waals surface area contributed by atoms with Gasteiger partial charge in [-0.3, -0.25) is 19.3 Å². The number of rotatable bonds is 9. The Bertz CT molecular complexity index is 1140. The zero-order chi connectivity index (χ0) is 24.8. The Morgan fingerprint density at radius 1 is 1.21 bits per heavy atom. The largest absolute Gasteiger partial charge is 0.490 e. The van der Waals surface area contributed by atoms with Gasteiger partial charge in [0.05, 0.1) is 22.6 Å². The van der Waals surface area contributed by atoms with E-state index in [9.17, 15) is 18.8 Å². The Balaban J connectivity index is 1.82. The lowest BCUT2D eigenvalue weighted by atomic mass is 10.1. The van der Waals surface area contributed by atoms with Crippen LogP contribution in [0.4, 0.5) is 9.18 Å². The van der Waals surface area contributed by atoms with Gasteiger partial charge in [-0.25, -0.2) is 4.39 Å². The SMILES string of the molecule is CCOc1cc(/C=C2/SC(=O)N(CC(=O)OC(C)C)C2=O)cc(Cl)c1OCc1ccccc1F. The molecule has 0 bridgehead atoms. The summed E-state index contributed by atoms with van der Waals surface area (Å²) in [5.74, 6) is -1.15. The molecule has 0 N–H and O–H groups in total. The first-order valence-electron chi connectivity index (χ1n) is 10.5. The van der Waals surface area contributed by atoms with Gasteiger partial charge in [-0.05, 0) is 62.4 Å². The van der Waals surface area contributed by atoms with E-state index in [4.69, 9.17) is 25.8 Å². The van der Waals surface area contributed by atoms with Gasteiger partial charge in [-0.15, -0.1) is 0 Å². The monoisotopic (exact) mass is 507 g/mol. The van der Waals surface area contributed by atoms with Crippen LogP contribution in [-0.2, 0) is 20.9 Å². The second-order valence-electron chi connectivity index (χ2n) is 7.45. The molecule has 2 aromatic rings. The Kier molecular flexibility index (Phi) is 8.57. The Morgan fingerprint density at radius 3 is 2.62 bits per heavy atom. The van der Waals surface area contributed by atoms with Gasteiger partial charge in [0.2, 0.25) is 0 Å². The number of thioether (sulfide) groups is 1. The number of halogens is 2. The molecular weight excluding hydrogens is 485 g/mol. The minimum atomic E-state index is -0.670. The van der Waals surface area contributed by atoms with Crippen LogP contribution in [0.25, 0.3) is 6.08 Å². The van der Waals surface area contributed by atoms with Crippen molar-refractivity contribution < 1.29 is 33.0 Å². The lowest BCUT2D eigenvalue weighted by molar-refractivity contribution is -0.149. The number of carbonyl (C=O) groups excluding carboxylic acids is 3. The molecular formula is C24H23ClFNO6S. The maximum atomic E-state index is 13.9. The maximum Gasteiger partial charge on any atom is 0.326 e. The van der Waals surface area contributed by atoms with Crippen molar-refractivity contribution >= 4 is 46.6 Å². The summed E-state index contributed by atoms with van der Waals surface area (Å²) in [4.78, 5) is 37.8. The predicted molar refractivity (Wildman–Crippen MR) is 127 cm³/mol. The highest BCUT2D eigenvalue weighted by Gasteiger charge is 2.37. The van der Waals surface area contributed by atoms with Crippen molar-refractivity contribution in [3.8, 4) is 11.5 Å². The van der Waals surface area contributed by atoms with Crippen molar-refractivity contribution in [2.45, 2.75) is 33.5 Å². The van der Waals surface area contributed by atoms with Crippen LogP contribution in [0.3, 0.4) is 0 Å². The van der Waals surface area contributed by atoms with Gasteiger partial charge < -0.3 is 14.2 Å². The molecule has 0 spiro atoms. The van der Waals surface area contributed by atoms with E-state index >= 15 is 0 Å². The van der Waals surface area contributed by atoms with E-state index in [1.807, 2.05) is 0 Å². The van der Waals surface area contributed by atoms with Crippen LogP contribution >= 0.6 is 23.4 Å². The molecule has 1 fully saturated rings. The molecule has 10 heteroatoms. The number of benzene rings is 2. The first-order chi connectivity index (χ1) is 16.2. The fourth-order valence-corrected chi connectivity index (χ4v) is 4.17. The molecule has 1 aliphatic heterocycles. The van der Waals surface area contributed by atoms with Crippen molar-refractivity contribution in [1.82, 2.24) is 4.90 Å². The first-order valence-corrected chi connectivity index (χ1v) is 11.7. The Labute approximate surface area is 205 Å². The summed E-state index contributed by atoms with van der Waals surface area (Å²) in [6, 6.07) is 9.37. The summed E-state index contributed by atoms with van der Waals surface area (Å²) in [6.45, 7) is 4.92. The zero-order valence-electron chi connectivity index (χ0n) is 18.8. The molecule has 0 aromatic heterocycles. The fourth-order valence-electron chi connectivity index (χ4n) is 3.06. The van der Waals surface area contributed by atoms with Crippen LogP contribution in [0.2, 0.25) is 5.02 Å².